The number of halogens is 2. The summed E-state index contributed by atoms with van der Waals surface area (Å²) in [5.74, 6) is 1.38. The largest absolute Gasteiger partial charge is 0.383 e. The molecule has 0 aromatic heterocycles. The zero-order chi connectivity index (χ0) is 15.1. The summed E-state index contributed by atoms with van der Waals surface area (Å²) in [6, 6.07) is 5.79. The van der Waals surface area contributed by atoms with Crippen LogP contribution in [0.1, 0.15) is 31.2 Å². The molecule has 1 unspecified atom stereocenters. The van der Waals surface area contributed by atoms with Crippen LogP contribution < -0.4 is 5.32 Å². The van der Waals surface area contributed by atoms with Crippen molar-refractivity contribution >= 4 is 23.2 Å². The molecular weight excluding hydrogens is 305 g/mol. The van der Waals surface area contributed by atoms with Gasteiger partial charge in [-0.15, -0.1) is 0 Å². The van der Waals surface area contributed by atoms with E-state index in [2.05, 4.69) is 5.32 Å². The summed E-state index contributed by atoms with van der Waals surface area (Å²) in [5.41, 5.74) is 1.10. The molecule has 1 saturated carbocycles. The van der Waals surface area contributed by atoms with Crippen molar-refractivity contribution in [1.29, 1.82) is 0 Å². The van der Waals surface area contributed by atoms with Gasteiger partial charge in [0.2, 0.25) is 0 Å². The van der Waals surface area contributed by atoms with Gasteiger partial charge in [-0.1, -0.05) is 55.0 Å². The first-order valence-electron chi connectivity index (χ1n) is 7.85. The molecule has 1 aliphatic rings. The Morgan fingerprint density at radius 1 is 1.24 bits per heavy atom. The van der Waals surface area contributed by atoms with Crippen molar-refractivity contribution in [2.45, 2.75) is 32.1 Å². The van der Waals surface area contributed by atoms with E-state index >= 15 is 0 Å². The Morgan fingerprint density at radius 3 is 2.52 bits per heavy atom. The lowest BCUT2D eigenvalue weighted by Crippen LogP contribution is -2.31. The third kappa shape index (κ3) is 5.14. The number of ether oxygens (including phenoxy) is 1. The van der Waals surface area contributed by atoms with E-state index in [-0.39, 0.29) is 0 Å². The van der Waals surface area contributed by atoms with Gasteiger partial charge in [0.1, 0.15) is 0 Å². The molecule has 1 aromatic carbocycles. The van der Waals surface area contributed by atoms with Crippen molar-refractivity contribution in [3.05, 3.63) is 33.8 Å². The fourth-order valence-electron chi connectivity index (χ4n) is 3.29. The van der Waals surface area contributed by atoms with Gasteiger partial charge in [-0.3, -0.25) is 0 Å². The summed E-state index contributed by atoms with van der Waals surface area (Å²) < 4.78 is 5.10. The Labute approximate surface area is 138 Å². The Kier molecular flexibility index (Phi) is 7.31. The summed E-state index contributed by atoms with van der Waals surface area (Å²) in [6.07, 6.45) is 6.34. The first kappa shape index (κ1) is 17.1. The van der Waals surface area contributed by atoms with Crippen LogP contribution >= 0.6 is 23.2 Å². The highest BCUT2D eigenvalue weighted by atomic mass is 35.5. The fraction of sp³-hybridized carbons (Fsp3) is 0.647. The number of methoxy groups -OCH3 is 1. The zero-order valence-electron chi connectivity index (χ0n) is 12.7. The molecule has 0 aliphatic heterocycles. The molecule has 1 aliphatic carbocycles. The van der Waals surface area contributed by atoms with Gasteiger partial charge in [0, 0.05) is 23.7 Å². The van der Waals surface area contributed by atoms with Crippen LogP contribution in [0.3, 0.4) is 0 Å². The highest BCUT2D eigenvalue weighted by molar-refractivity contribution is 6.35. The minimum atomic E-state index is 0.599. The van der Waals surface area contributed by atoms with Crippen LogP contribution in [0, 0.1) is 11.8 Å². The smallest absolute Gasteiger partial charge is 0.0587 e. The van der Waals surface area contributed by atoms with Crippen molar-refractivity contribution in [2.75, 3.05) is 26.8 Å². The molecule has 0 heterocycles. The lowest BCUT2D eigenvalue weighted by molar-refractivity contribution is 0.195. The third-order valence-electron chi connectivity index (χ3n) is 4.48. The highest BCUT2D eigenvalue weighted by Crippen LogP contribution is 2.35. The number of benzene rings is 1. The van der Waals surface area contributed by atoms with Crippen LogP contribution in [0.5, 0.6) is 0 Å². The molecule has 1 fully saturated rings. The van der Waals surface area contributed by atoms with Crippen molar-refractivity contribution in [3.8, 4) is 0 Å². The van der Waals surface area contributed by atoms with Crippen molar-refractivity contribution in [2.24, 2.45) is 11.8 Å². The molecule has 2 nitrogen and oxygen atoms in total. The standard InChI is InChI=1S/C17H25Cl2NO/c1-21-10-9-20-12-14(13-5-2-3-6-13)11-15-16(18)7-4-8-17(15)19/h4,7-8,13-14,20H,2-3,5-6,9-12H2,1H3. The van der Waals surface area contributed by atoms with Crippen molar-refractivity contribution in [3.63, 3.8) is 0 Å². The summed E-state index contributed by atoms with van der Waals surface area (Å²) in [5, 5.41) is 5.10. The number of hydrogen-bond acceptors (Lipinski definition) is 2. The molecule has 1 N–H and O–H groups in total. The van der Waals surface area contributed by atoms with E-state index in [1.165, 1.54) is 25.7 Å². The van der Waals surface area contributed by atoms with E-state index in [9.17, 15) is 0 Å². The normalized spacial score (nSPS) is 17.3. The van der Waals surface area contributed by atoms with Crippen LogP contribution in [-0.4, -0.2) is 26.8 Å². The molecule has 0 spiro atoms. The van der Waals surface area contributed by atoms with Crippen molar-refractivity contribution < 1.29 is 4.74 Å². The molecule has 2 rings (SSSR count). The zero-order valence-corrected chi connectivity index (χ0v) is 14.2. The SMILES string of the molecule is COCCNCC(Cc1c(Cl)cccc1Cl)C1CCCC1. The summed E-state index contributed by atoms with van der Waals surface area (Å²) in [4.78, 5) is 0. The van der Waals surface area contributed by atoms with Gasteiger partial charge in [0.15, 0.2) is 0 Å². The van der Waals surface area contributed by atoms with E-state index in [1.54, 1.807) is 7.11 Å². The molecule has 4 heteroatoms. The van der Waals surface area contributed by atoms with E-state index in [0.717, 1.165) is 47.6 Å². The highest BCUT2D eigenvalue weighted by Gasteiger charge is 2.26. The minimum Gasteiger partial charge on any atom is -0.383 e. The molecule has 1 aromatic rings. The Morgan fingerprint density at radius 2 is 1.90 bits per heavy atom. The molecular formula is C17H25Cl2NO. The Balaban J connectivity index is 2.00. The van der Waals surface area contributed by atoms with Crippen LogP contribution in [0.2, 0.25) is 10.0 Å². The van der Waals surface area contributed by atoms with Gasteiger partial charge in [-0.05, 0) is 42.5 Å². The summed E-state index contributed by atoms with van der Waals surface area (Å²) in [7, 11) is 1.74. The Hall–Kier alpha value is -0.280. The van der Waals surface area contributed by atoms with Gasteiger partial charge < -0.3 is 10.1 Å². The molecule has 1 atom stereocenters. The van der Waals surface area contributed by atoms with Crippen LogP contribution in [0.4, 0.5) is 0 Å². The molecule has 21 heavy (non-hydrogen) atoms. The number of nitrogens with one attached hydrogen (secondary N) is 1. The predicted octanol–water partition coefficient (Wildman–Crippen LogP) is 4.58. The van der Waals surface area contributed by atoms with Gasteiger partial charge >= 0.3 is 0 Å². The first-order valence-corrected chi connectivity index (χ1v) is 8.60. The van der Waals surface area contributed by atoms with Gasteiger partial charge in [0.25, 0.3) is 0 Å². The maximum atomic E-state index is 6.34. The first-order chi connectivity index (χ1) is 10.2. The maximum Gasteiger partial charge on any atom is 0.0587 e. The summed E-state index contributed by atoms with van der Waals surface area (Å²) in [6.45, 7) is 2.66. The Bertz CT molecular complexity index is 413. The second kappa shape index (κ2) is 8.99. The van der Waals surface area contributed by atoms with E-state index in [4.69, 9.17) is 27.9 Å². The average molecular weight is 330 g/mol. The second-order valence-corrected chi connectivity index (χ2v) is 6.72. The van der Waals surface area contributed by atoms with Gasteiger partial charge in [-0.25, -0.2) is 0 Å². The van der Waals surface area contributed by atoms with E-state index in [0.29, 0.717) is 5.92 Å². The molecule has 0 saturated heterocycles. The lowest BCUT2D eigenvalue weighted by Gasteiger charge is -2.25. The maximum absolute atomic E-state index is 6.34. The second-order valence-electron chi connectivity index (χ2n) is 5.91. The molecule has 0 bridgehead atoms. The van der Waals surface area contributed by atoms with Crippen LogP contribution in [0.25, 0.3) is 0 Å². The van der Waals surface area contributed by atoms with E-state index < -0.39 is 0 Å². The fourth-order valence-corrected chi connectivity index (χ4v) is 3.84. The number of rotatable bonds is 8. The van der Waals surface area contributed by atoms with Crippen molar-refractivity contribution in [1.82, 2.24) is 5.32 Å². The van der Waals surface area contributed by atoms with Gasteiger partial charge in [0.05, 0.1) is 6.61 Å². The monoisotopic (exact) mass is 329 g/mol. The number of hydrogen-bond donors (Lipinski definition) is 1. The molecule has 118 valence electrons. The quantitative estimate of drug-likeness (QED) is 0.705. The molecule has 0 amide bonds. The predicted molar refractivity (Wildman–Crippen MR) is 90.4 cm³/mol. The topological polar surface area (TPSA) is 21.3 Å². The van der Waals surface area contributed by atoms with Gasteiger partial charge in [-0.2, -0.15) is 0 Å². The average Bonchev–Trinajstić information content (AvgIpc) is 2.99. The van der Waals surface area contributed by atoms with Crippen LogP contribution in [-0.2, 0) is 11.2 Å². The molecule has 0 radical (unpaired) electrons. The third-order valence-corrected chi connectivity index (χ3v) is 5.19. The minimum absolute atomic E-state index is 0.599. The summed E-state index contributed by atoms with van der Waals surface area (Å²) >= 11 is 12.7. The van der Waals surface area contributed by atoms with Crippen LogP contribution in [0.15, 0.2) is 18.2 Å². The lowest BCUT2D eigenvalue weighted by atomic mass is 9.85. The van der Waals surface area contributed by atoms with E-state index in [1.807, 2.05) is 18.2 Å².